The minimum Gasteiger partial charge on any atom is -0.403 e. The van der Waals surface area contributed by atoms with Crippen molar-refractivity contribution in [2.45, 2.75) is 24.7 Å². The molecule has 0 aromatic heterocycles. The molecule has 0 aliphatic carbocycles. The van der Waals surface area contributed by atoms with Gasteiger partial charge in [0.2, 0.25) is 0 Å². The van der Waals surface area contributed by atoms with Gasteiger partial charge in [0, 0.05) is 22.3 Å². The van der Waals surface area contributed by atoms with Gasteiger partial charge in [-0.25, -0.2) is 9.13 Å². The standard InChI is InChI=1S/C36H20F12O8P2/c37-33(38,39)21-9-19(10-22(15-21)34(40,41)42)27-13-17-5-1-3-7-25(17)29(31(27)55-57(49,50)51)30-26-8-4-2-6-18(26)14-28(32(30)56-58(52,53)54)20-11-23(35(43,44)45)16-24(12-20)36(46,47)48/h1-16H,(H2,49,50,51)(H2,52,53,54). The van der Waals surface area contributed by atoms with E-state index in [2.05, 4.69) is 0 Å². The van der Waals surface area contributed by atoms with E-state index in [9.17, 15) is 81.4 Å². The van der Waals surface area contributed by atoms with Crippen LogP contribution < -0.4 is 9.05 Å². The lowest BCUT2D eigenvalue weighted by Crippen LogP contribution is -2.11. The van der Waals surface area contributed by atoms with Crippen molar-refractivity contribution in [3.63, 3.8) is 0 Å². The fraction of sp³-hybridized carbons (Fsp3) is 0.111. The molecule has 0 unspecified atom stereocenters. The lowest BCUT2D eigenvalue weighted by Gasteiger charge is -2.25. The predicted molar refractivity (Wildman–Crippen MR) is 183 cm³/mol. The van der Waals surface area contributed by atoms with Crippen LogP contribution in [0.5, 0.6) is 11.5 Å². The molecular formula is C36H20F12O8P2. The molecule has 58 heavy (non-hydrogen) atoms. The molecule has 0 radical (unpaired) electrons. The van der Waals surface area contributed by atoms with Crippen molar-refractivity contribution >= 4 is 37.2 Å². The summed E-state index contributed by atoms with van der Waals surface area (Å²) in [6, 6.07) is 11.8. The van der Waals surface area contributed by atoms with Crippen molar-refractivity contribution in [2.24, 2.45) is 0 Å². The molecule has 4 N–H and O–H groups in total. The summed E-state index contributed by atoms with van der Waals surface area (Å²) in [5.74, 6) is -2.48. The molecule has 0 spiro atoms. The summed E-state index contributed by atoms with van der Waals surface area (Å²) in [4.78, 5) is 40.5. The fourth-order valence-electron chi connectivity index (χ4n) is 6.23. The number of fused-ring (bicyclic) bond motifs is 2. The Morgan fingerprint density at radius 2 is 0.690 bits per heavy atom. The van der Waals surface area contributed by atoms with Crippen LogP contribution in [0.1, 0.15) is 22.3 Å². The van der Waals surface area contributed by atoms with E-state index in [0.29, 0.717) is 0 Å². The average Bonchev–Trinajstić information content (AvgIpc) is 3.08. The molecule has 306 valence electrons. The van der Waals surface area contributed by atoms with Crippen LogP contribution in [0.25, 0.3) is 54.9 Å². The molecule has 0 atom stereocenters. The molecule has 0 fully saturated rings. The Kier molecular flexibility index (Phi) is 10.5. The van der Waals surface area contributed by atoms with Crippen LogP contribution in [0, 0.1) is 0 Å². The van der Waals surface area contributed by atoms with Crippen molar-refractivity contribution in [3.8, 4) is 44.9 Å². The van der Waals surface area contributed by atoms with E-state index >= 15 is 0 Å². The second-order valence-electron chi connectivity index (χ2n) is 12.5. The largest absolute Gasteiger partial charge is 0.524 e. The molecule has 6 rings (SSSR count). The first-order valence-corrected chi connectivity index (χ1v) is 18.8. The van der Waals surface area contributed by atoms with Gasteiger partial charge in [0.1, 0.15) is 11.5 Å². The van der Waals surface area contributed by atoms with Gasteiger partial charge in [-0.2, -0.15) is 52.7 Å². The third kappa shape index (κ3) is 8.97. The van der Waals surface area contributed by atoms with E-state index < -0.39 is 107 Å². The first kappa shape index (κ1) is 42.5. The van der Waals surface area contributed by atoms with Crippen molar-refractivity contribution < 1.29 is 90.4 Å². The number of benzene rings is 6. The molecule has 8 nitrogen and oxygen atoms in total. The number of alkyl halides is 12. The smallest absolute Gasteiger partial charge is 0.403 e. The van der Waals surface area contributed by atoms with Crippen LogP contribution in [0.4, 0.5) is 52.7 Å². The first-order valence-electron chi connectivity index (χ1n) is 15.7. The van der Waals surface area contributed by atoms with Crippen molar-refractivity contribution in [1.82, 2.24) is 0 Å². The molecule has 0 bridgehead atoms. The van der Waals surface area contributed by atoms with E-state index in [1.54, 1.807) is 0 Å². The van der Waals surface area contributed by atoms with E-state index in [1.165, 1.54) is 36.4 Å². The van der Waals surface area contributed by atoms with Crippen LogP contribution in [0.3, 0.4) is 0 Å². The molecule has 22 heteroatoms. The highest BCUT2D eigenvalue weighted by Gasteiger charge is 2.40. The quantitative estimate of drug-likeness (QED) is 0.0921. The normalized spacial score (nSPS) is 13.3. The second kappa shape index (κ2) is 14.3. The molecule has 6 aromatic rings. The van der Waals surface area contributed by atoms with Crippen molar-refractivity contribution in [2.75, 3.05) is 0 Å². The minimum atomic E-state index is -5.97. The number of hydrogen-bond acceptors (Lipinski definition) is 4. The maximum atomic E-state index is 14.1. The van der Waals surface area contributed by atoms with Crippen LogP contribution in [0.2, 0.25) is 0 Å². The van der Waals surface area contributed by atoms with E-state index in [0.717, 1.165) is 24.3 Å². The number of phosphoric ester groups is 2. The van der Waals surface area contributed by atoms with Gasteiger partial charge in [0.25, 0.3) is 0 Å². The van der Waals surface area contributed by atoms with E-state index in [1.807, 2.05) is 0 Å². The highest BCUT2D eigenvalue weighted by atomic mass is 31.2. The van der Waals surface area contributed by atoms with Crippen molar-refractivity contribution in [1.29, 1.82) is 0 Å². The Balaban J connectivity index is 1.90. The number of hydrogen-bond donors (Lipinski definition) is 4. The van der Waals surface area contributed by atoms with Crippen LogP contribution >= 0.6 is 15.6 Å². The van der Waals surface area contributed by atoms with Crippen molar-refractivity contribution in [3.05, 3.63) is 119 Å². The molecular weight excluding hydrogens is 850 g/mol. The van der Waals surface area contributed by atoms with E-state index in [-0.39, 0.29) is 57.9 Å². The molecule has 0 amide bonds. The highest BCUT2D eigenvalue weighted by molar-refractivity contribution is 7.47. The molecule has 6 aromatic carbocycles. The monoisotopic (exact) mass is 870 g/mol. The third-order valence-electron chi connectivity index (χ3n) is 8.47. The summed E-state index contributed by atoms with van der Waals surface area (Å²) in [7, 11) is -11.9. The maximum absolute atomic E-state index is 14.1. The summed E-state index contributed by atoms with van der Waals surface area (Å²) in [6.07, 6.45) is -21.8. The predicted octanol–water partition coefficient (Wildman–Crippen LogP) is 12.0. The average molecular weight is 870 g/mol. The van der Waals surface area contributed by atoms with Crippen LogP contribution in [-0.2, 0) is 33.8 Å². The number of rotatable bonds is 7. The van der Waals surface area contributed by atoms with Gasteiger partial charge in [-0.1, -0.05) is 48.5 Å². The van der Waals surface area contributed by atoms with Gasteiger partial charge in [-0.05, 0) is 81.2 Å². The zero-order valence-electron chi connectivity index (χ0n) is 28.1. The van der Waals surface area contributed by atoms with Gasteiger partial charge in [0.15, 0.2) is 0 Å². The summed E-state index contributed by atoms with van der Waals surface area (Å²) < 4.78 is 204. The third-order valence-corrected chi connectivity index (χ3v) is 9.31. The summed E-state index contributed by atoms with van der Waals surface area (Å²) in [6.45, 7) is 0. The Labute approximate surface area is 316 Å². The fourth-order valence-corrected chi connectivity index (χ4v) is 7.09. The highest BCUT2D eigenvalue weighted by Crippen LogP contribution is 2.58. The maximum Gasteiger partial charge on any atom is 0.524 e. The van der Waals surface area contributed by atoms with Gasteiger partial charge in [0.05, 0.1) is 22.3 Å². The molecule has 0 aliphatic heterocycles. The topological polar surface area (TPSA) is 134 Å². The zero-order valence-corrected chi connectivity index (χ0v) is 29.9. The molecule has 0 saturated heterocycles. The molecule has 0 aliphatic rings. The Hall–Kier alpha value is -5.10. The lowest BCUT2D eigenvalue weighted by molar-refractivity contribution is -0.144. The zero-order chi connectivity index (χ0) is 43.0. The Morgan fingerprint density at radius 1 is 0.414 bits per heavy atom. The molecule has 0 heterocycles. The summed E-state index contributed by atoms with van der Waals surface area (Å²) in [5.41, 5.74) is -13.0. The number of phosphoric acid groups is 2. The minimum absolute atomic E-state index is 0.147. The van der Waals surface area contributed by atoms with Gasteiger partial charge in [-0.3, -0.25) is 19.6 Å². The molecule has 0 saturated carbocycles. The second-order valence-corrected chi connectivity index (χ2v) is 14.8. The number of halogens is 12. The van der Waals surface area contributed by atoms with Crippen LogP contribution in [0.15, 0.2) is 97.1 Å². The van der Waals surface area contributed by atoms with Crippen LogP contribution in [-0.4, -0.2) is 19.6 Å². The van der Waals surface area contributed by atoms with E-state index in [4.69, 9.17) is 9.05 Å². The van der Waals surface area contributed by atoms with Gasteiger partial charge >= 0.3 is 40.4 Å². The summed E-state index contributed by atoms with van der Waals surface area (Å²) >= 11 is 0. The summed E-state index contributed by atoms with van der Waals surface area (Å²) in [5, 5.41) is -0.829. The van der Waals surface area contributed by atoms with Gasteiger partial charge < -0.3 is 9.05 Å². The first-order chi connectivity index (χ1) is 26.5. The SMILES string of the molecule is O=P(O)(O)Oc1c(-c2cc(C(F)(F)F)cc(C(F)(F)F)c2)cc2ccccc2c1-c1c(OP(=O)(O)O)c(-c2cc(C(F)(F)F)cc(C(F)(F)F)c2)cc2ccccc12. The van der Waals surface area contributed by atoms with Gasteiger partial charge in [-0.15, -0.1) is 0 Å². The Bertz CT molecular complexity index is 2450. The lowest BCUT2D eigenvalue weighted by atomic mass is 9.85. The Morgan fingerprint density at radius 3 is 0.948 bits per heavy atom.